The van der Waals surface area contributed by atoms with Crippen molar-refractivity contribution in [1.82, 2.24) is 15.0 Å². The summed E-state index contributed by atoms with van der Waals surface area (Å²) in [6.07, 6.45) is 3.50. The monoisotopic (exact) mass is 378 g/mol. The quantitative estimate of drug-likeness (QED) is 0.513. The molecular weight excluding hydrogens is 360 g/mol. The molecule has 4 rings (SSSR count). The average Bonchev–Trinajstić information content (AvgIpc) is 2.70. The van der Waals surface area contributed by atoms with E-state index in [1.165, 1.54) is 0 Å². The van der Waals surface area contributed by atoms with Gasteiger partial charge in [-0.15, -0.1) is 12.4 Å². The molecule has 27 heavy (non-hydrogen) atoms. The van der Waals surface area contributed by atoms with Crippen molar-refractivity contribution in [2.75, 3.05) is 11.9 Å². The number of benzene rings is 2. The van der Waals surface area contributed by atoms with Gasteiger partial charge in [-0.25, -0.2) is 9.97 Å². The molecule has 0 aliphatic rings. The Labute approximate surface area is 163 Å². The van der Waals surface area contributed by atoms with Crippen LogP contribution >= 0.6 is 12.4 Å². The fourth-order valence-electron chi connectivity index (χ4n) is 2.77. The van der Waals surface area contributed by atoms with Gasteiger partial charge in [-0.05, 0) is 43.3 Å². The maximum absolute atomic E-state index is 5.72. The number of para-hydroxylation sites is 3. The lowest BCUT2D eigenvalue weighted by Crippen LogP contribution is -2.02. The number of halogens is 1. The van der Waals surface area contributed by atoms with E-state index in [1.807, 2.05) is 67.6 Å². The van der Waals surface area contributed by atoms with Gasteiger partial charge < -0.3 is 10.1 Å². The smallest absolute Gasteiger partial charge is 0.163 e. The van der Waals surface area contributed by atoms with Crippen LogP contribution in [0.25, 0.3) is 22.3 Å². The highest BCUT2D eigenvalue weighted by Crippen LogP contribution is 2.31. The van der Waals surface area contributed by atoms with Crippen molar-refractivity contribution in [2.24, 2.45) is 0 Å². The molecule has 0 saturated heterocycles. The molecule has 0 spiro atoms. The predicted octanol–water partition coefficient (Wildman–Crippen LogP) is 5.26. The topological polar surface area (TPSA) is 59.9 Å². The largest absolute Gasteiger partial charge is 0.492 e. The van der Waals surface area contributed by atoms with E-state index in [-0.39, 0.29) is 12.4 Å². The van der Waals surface area contributed by atoms with Crippen LogP contribution in [0.3, 0.4) is 0 Å². The molecule has 2 aromatic carbocycles. The maximum atomic E-state index is 5.72. The molecular formula is C21H19ClN4O. The van der Waals surface area contributed by atoms with E-state index < -0.39 is 0 Å². The van der Waals surface area contributed by atoms with Crippen LogP contribution in [-0.2, 0) is 0 Å². The highest BCUT2D eigenvalue weighted by molar-refractivity contribution is 5.92. The van der Waals surface area contributed by atoms with E-state index in [0.29, 0.717) is 12.4 Å². The Balaban J connectivity index is 0.00000210. The van der Waals surface area contributed by atoms with Gasteiger partial charge in [0.05, 0.1) is 17.8 Å². The van der Waals surface area contributed by atoms with Gasteiger partial charge in [0, 0.05) is 23.3 Å². The summed E-state index contributed by atoms with van der Waals surface area (Å²) in [5.41, 5.74) is 2.62. The summed E-state index contributed by atoms with van der Waals surface area (Å²) in [4.78, 5) is 13.6. The lowest BCUT2D eigenvalue weighted by atomic mass is 10.2. The minimum atomic E-state index is 0. The summed E-state index contributed by atoms with van der Waals surface area (Å²) >= 11 is 0. The first-order chi connectivity index (χ1) is 12.8. The summed E-state index contributed by atoms with van der Waals surface area (Å²) in [6, 6.07) is 19.6. The molecule has 0 unspecified atom stereocenters. The van der Waals surface area contributed by atoms with E-state index in [9.17, 15) is 0 Å². The van der Waals surface area contributed by atoms with E-state index >= 15 is 0 Å². The molecule has 0 amide bonds. The van der Waals surface area contributed by atoms with Gasteiger partial charge in [0.1, 0.15) is 11.6 Å². The van der Waals surface area contributed by atoms with Crippen LogP contribution in [0, 0.1) is 0 Å². The van der Waals surface area contributed by atoms with Crippen molar-refractivity contribution in [3.05, 3.63) is 73.1 Å². The van der Waals surface area contributed by atoms with Gasteiger partial charge in [-0.3, -0.25) is 4.98 Å². The number of pyridine rings is 1. The second kappa shape index (κ2) is 8.47. The minimum Gasteiger partial charge on any atom is -0.492 e. The highest BCUT2D eigenvalue weighted by atomic mass is 35.5. The molecule has 5 nitrogen and oxygen atoms in total. The number of aromatic nitrogens is 3. The molecule has 1 N–H and O–H groups in total. The number of nitrogens with zero attached hydrogens (tertiary/aromatic N) is 3. The van der Waals surface area contributed by atoms with Crippen molar-refractivity contribution >= 4 is 34.8 Å². The summed E-state index contributed by atoms with van der Waals surface area (Å²) in [5, 5.41) is 4.36. The third-order valence-electron chi connectivity index (χ3n) is 3.96. The standard InChI is InChI=1S/C21H18N4O.ClH/c1-2-26-19-12-6-5-11-18(19)24-21-16-9-3-4-10-17(16)23-20(25-21)15-8-7-13-22-14-15;/h3-14H,2H2,1H3,(H,23,24,25);1H. The van der Waals surface area contributed by atoms with Crippen LogP contribution in [0.4, 0.5) is 11.5 Å². The van der Waals surface area contributed by atoms with E-state index in [4.69, 9.17) is 9.72 Å². The Morgan fingerprint density at radius 1 is 0.926 bits per heavy atom. The number of hydrogen-bond acceptors (Lipinski definition) is 5. The third kappa shape index (κ3) is 3.99. The Morgan fingerprint density at radius 2 is 1.74 bits per heavy atom. The normalized spacial score (nSPS) is 10.3. The number of rotatable bonds is 5. The van der Waals surface area contributed by atoms with Crippen LogP contribution in [0.1, 0.15) is 6.92 Å². The first-order valence-corrected chi connectivity index (χ1v) is 8.51. The van der Waals surface area contributed by atoms with E-state index in [0.717, 1.165) is 33.7 Å². The molecule has 0 fully saturated rings. The fraction of sp³-hybridized carbons (Fsp3) is 0.0952. The summed E-state index contributed by atoms with van der Waals surface area (Å²) < 4.78 is 5.72. The second-order valence-corrected chi connectivity index (χ2v) is 5.71. The zero-order chi connectivity index (χ0) is 17.8. The van der Waals surface area contributed by atoms with Gasteiger partial charge in [-0.1, -0.05) is 24.3 Å². The van der Waals surface area contributed by atoms with Crippen molar-refractivity contribution in [3.8, 4) is 17.1 Å². The molecule has 0 aliphatic carbocycles. The molecule has 0 bridgehead atoms. The van der Waals surface area contributed by atoms with Gasteiger partial charge in [0.15, 0.2) is 5.82 Å². The maximum Gasteiger partial charge on any atom is 0.163 e. The van der Waals surface area contributed by atoms with Gasteiger partial charge in [-0.2, -0.15) is 0 Å². The Morgan fingerprint density at radius 3 is 2.56 bits per heavy atom. The molecule has 0 radical (unpaired) electrons. The fourth-order valence-corrected chi connectivity index (χ4v) is 2.77. The predicted molar refractivity (Wildman–Crippen MR) is 111 cm³/mol. The molecule has 0 atom stereocenters. The van der Waals surface area contributed by atoms with Gasteiger partial charge in [0.2, 0.25) is 0 Å². The number of anilines is 2. The molecule has 0 aliphatic heterocycles. The summed E-state index contributed by atoms with van der Waals surface area (Å²) in [7, 11) is 0. The van der Waals surface area contributed by atoms with Crippen molar-refractivity contribution in [3.63, 3.8) is 0 Å². The van der Waals surface area contributed by atoms with Crippen LogP contribution in [0.2, 0.25) is 0 Å². The number of hydrogen-bond donors (Lipinski definition) is 1. The average molecular weight is 379 g/mol. The first kappa shape index (κ1) is 18.6. The Bertz CT molecular complexity index is 1040. The molecule has 4 aromatic rings. The minimum absolute atomic E-state index is 0. The number of ether oxygens (including phenoxy) is 1. The van der Waals surface area contributed by atoms with E-state index in [2.05, 4.69) is 15.3 Å². The van der Waals surface area contributed by atoms with Crippen molar-refractivity contribution in [2.45, 2.75) is 6.92 Å². The SMILES string of the molecule is CCOc1ccccc1Nc1nc(-c2cccnc2)nc2ccccc12.Cl. The third-order valence-corrected chi connectivity index (χ3v) is 3.96. The summed E-state index contributed by atoms with van der Waals surface area (Å²) in [6.45, 7) is 2.57. The lowest BCUT2D eigenvalue weighted by molar-refractivity contribution is 0.342. The highest BCUT2D eigenvalue weighted by Gasteiger charge is 2.11. The molecule has 136 valence electrons. The Kier molecular flexibility index (Phi) is 5.84. The van der Waals surface area contributed by atoms with Crippen LogP contribution in [-0.4, -0.2) is 21.6 Å². The number of nitrogens with one attached hydrogen (secondary N) is 1. The number of fused-ring (bicyclic) bond motifs is 1. The van der Waals surface area contributed by atoms with Crippen molar-refractivity contribution < 1.29 is 4.74 Å². The lowest BCUT2D eigenvalue weighted by Gasteiger charge is -2.14. The first-order valence-electron chi connectivity index (χ1n) is 8.51. The zero-order valence-electron chi connectivity index (χ0n) is 14.8. The molecule has 2 heterocycles. The Hall–Kier alpha value is -3.18. The van der Waals surface area contributed by atoms with E-state index in [1.54, 1.807) is 12.4 Å². The van der Waals surface area contributed by atoms with Gasteiger partial charge in [0.25, 0.3) is 0 Å². The van der Waals surface area contributed by atoms with Crippen LogP contribution in [0.15, 0.2) is 73.1 Å². The second-order valence-electron chi connectivity index (χ2n) is 5.71. The molecule has 6 heteroatoms. The molecule has 0 saturated carbocycles. The van der Waals surface area contributed by atoms with Crippen LogP contribution in [0.5, 0.6) is 5.75 Å². The molecule has 2 aromatic heterocycles. The van der Waals surface area contributed by atoms with Crippen molar-refractivity contribution in [1.29, 1.82) is 0 Å². The van der Waals surface area contributed by atoms with Crippen LogP contribution < -0.4 is 10.1 Å². The van der Waals surface area contributed by atoms with Gasteiger partial charge >= 0.3 is 0 Å². The summed E-state index contributed by atoms with van der Waals surface area (Å²) in [5.74, 6) is 2.16. The zero-order valence-corrected chi connectivity index (χ0v) is 15.6.